The zero-order valence-corrected chi connectivity index (χ0v) is 14.0. The zero-order valence-electron chi connectivity index (χ0n) is 11.8. The van der Waals surface area contributed by atoms with Crippen molar-refractivity contribution < 1.29 is 14.7 Å². The van der Waals surface area contributed by atoms with Crippen LogP contribution >= 0.6 is 22.6 Å². The molecule has 1 atom stereocenters. The van der Waals surface area contributed by atoms with E-state index in [-0.39, 0.29) is 18.0 Å². The lowest BCUT2D eigenvalue weighted by atomic mass is 9.80. The fraction of sp³-hybridized carbons (Fsp3) is 0.923. The van der Waals surface area contributed by atoms with Gasteiger partial charge in [0.15, 0.2) is 0 Å². The number of piperidine rings is 1. The van der Waals surface area contributed by atoms with Crippen molar-refractivity contribution in [2.75, 3.05) is 4.43 Å². The summed E-state index contributed by atoms with van der Waals surface area (Å²) in [4.78, 5) is 11.8. The molecule has 1 aliphatic heterocycles. The molecule has 0 saturated carbocycles. The van der Waals surface area contributed by atoms with Gasteiger partial charge in [-0.1, -0.05) is 29.5 Å². The van der Waals surface area contributed by atoms with Gasteiger partial charge < -0.3 is 4.74 Å². The molecule has 1 radical (unpaired) electrons. The summed E-state index contributed by atoms with van der Waals surface area (Å²) >= 11 is 2.18. The second-order valence-electron chi connectivity index (χ2n) is 6.44. The molecule has 1 aliphatic rings. The molecule has 1 unspecified atom stereocenters. The first-order valence-electron chi connectivity index (χ1n) is 6.34. The van der Waals surface area contributed by atoms with Crippen molar-refractivity contribution in [2.45, 2.75) is 64.6 Å². The van der Waals surface area contributed by atoms with Crippen LogP contribution in [0, 0.1) is 5.92 Å². The van der Waals surface area contributed by atoms with Crippen molar-refractivity contribution in [1.82, 2.24) is 5.06 Å². The molecule has 18 heavy (non-hydrogen) atoms. The third-order valence-electron chi connectivity index (χ3n) is 3.47. The molecule has 0 aromatic rings. The lowest BCUT2D eigenvalue weighted by Gasteiger charge is -2.49. The predicted molar refractivity (Wildman–Crippen MR) is 77.8 cm³/mol. The molecule has 0 aliphatic carbocycles. The number of hydrogen-bond acceptors (Lipinski definition) is 3. The summed E-state index contributed by atoms with van der Waals surface area (Å²) in [5.41, 5.74) is -0.972. The van der Waals surface area contributed by atoms with Crippen molar-refractivity contribution >= 4 is 28.6 Å². The van der Waals surface area contributed by atoms with Crippen molar-refractivity contribution in [3.05, 3.63) is 0 Å². The number of hydrogen-bond donors (Lipinski definition) is 0. The number of esters is 1. The fourth-order valence-corrected chi connectivity index (χ4v) is 2.96. The molecule has 5 heteroatoms. The number of nitrogens with zero attached hydrogens (tertiary/aromatic N) is 1. The molecule has 0 N–H and O–H groups in total. The van der Waals surface area contributed by atoms with Crippen LogP contribution in [0.2, 0.25) is 0 Å². The minimum atomic E-state index is -0.486. The number of carbonyl (C=O) groups excluding carboxylic acids is 1. The highest BCUT2D eigenvalue weighted by Crippen LogP contribution is 2.38. The molecule has 4 nitrogen and oxygen atoms in total. The van der Waals surface area contributed by atoms with E-state index in [0.717, 1.165) is 9.49 Å². The number of alkyl halides is 1. The number of rotatable bonds is 3. The van der Waals surface area contributed by atoms with Crippen LogP contribution in [-0.2, 0) is 14.7 Å². The van der Waals surface area contributed by atoms with Crippen molar-refractivity contribution in [3.63, 3.8) is 0 Å². The lowest BCUT2D eigenvalue weighted by molar-refractivity contribution is -0.299. The number of carbonyl (C=O) groups is 1. The van der Waals surface area contributed by atoms with Crippen molar-refractivity contribution in [3.8, 4) is 0 Å². The average molecular weight is 368 g/mol. The summed E-state index contributed by atoms with van der Waals surface area (Å²) in [6.07, 6.45) is 1.04. The Morgan fingerprint density at radius 2 is 1.78 bits per heavy atom. The van der Waals surface area contributed by atoms with Crippen molar-refractivity contribution in [2.24, 2.45) is 5.92 Å². The second-order valence-corrected chi connectivity index (χ2v) is 7.32. The summed E-state index contributed by atoms with van der Waals surface area (Å²) < 4.78 is 6.31. The van der Waals surface area contributed by atoms with Gasteiger partial charge in [0.25, 0.3) is 0 Å². The van der Waals surface area contributed by atoms with E-state index < -0.39 is 11.1 Å². The Morgan fingerprint density at radius 1 is 1.33 bits per heavy atom. The van der Waals surface area contributed by atoms with Gasteiger partial charge in [-0.15, -0.1) is 10.3 Å². The average Bonchev–Trinajstić information content (AvgIpc) is 2.23. The highest BCUT2D eigenvalue weighted by molar-refractivity contribution is 14.1. The molecule has 1 saturated heterocycles. The highest BCUT2D eigenvalue weighted by Gasteiger charge is 2.47. The van der Waals surface area contributed by atoms with E-state index in [4.69, 9.17) is 4.74 Å². The summed E-state index contributed by atoms with van der Waals surface area (Å²) in [6, 6.07) is 0. The Labute approximate surface area is 123 Å². The van der Waals surface area contributed by atoms with E-state index >= 15 is 0 Å². The van der Waals surface area contributed by atoms with Crippen molar-refractivity contribution in [1.29, 1.82) is 0 Å². The SMILES string of the molecule is CC(CI)C(=O)OC1CC(C)(C)N([O])C(C)(C)C1. The van der Waals surface area contributed by atoms with Gasteiger partial charge >= 0.3 is 5.97 Å². The highest BCUT2D eigenvalue weighted by atomic mass is 127. The lowest BCUT2D eigenvalue weighted by Crippen LogP contribution is -2.60. The van der Waals surface area contributed by atoms with Crippen LogP contribution in [-0.4, -0.2) is 32.6 Å². The third kappa shape index (κ3) is 3.57. The first kappa shape index (κ1) is 16.2. The quantitative estimate of drug-likeness (QED) is 0.437. The summed E-state index contributed by atoms with van der Waals surface area (Å²) in [6.45, 7) is 9.49. The van der Waals surface area contributed by atoms with Crippen LogP contribution in [0.3, 0.4) is 0 Å². The second kappa shape index (κ2) is 5.63. The van der Waals surface area contributed by atoms with Gasteiger partial charge in [0.1, 0.15) is 6.10 Å². The fourth-order valence-electron chi connectivity index (χ4n) is 2.60. The van der Waals surface area contributed by atoms with Gasteiger partial charge in [0.05, 0.1) is 5.92 Å². The zero-order chi connectivity index (χ0) is 14.1. The maximum absolute atomic E-state index is 12.2. The number of hydroxylamine groups is 2. The summed E-state index contributed by atoms with van der Waals surface area (Å²) in [7, 11) is 0. The summed E-state index contributed by atoms with van der Waals surface area (Å²) in [5, 5.41) is 13.3. The molecule has 0 aromatic carbocycles. The van der Waals surface area contributed by atoms with Gasteiger partial charge in [-0.05, 0) is 27.7 Å². The van der Waals surface area contributed by atoms with E-state index in [0.29, 0.717) is 12.8 Å². The summed E-state index contributed by atoms with van der Waals surface area (Å²) in [5.74, 6) is -0.234. The van der Waals surface area contributed by atoms with Gasteiger partial charge in [0, 0.05) is 28.3 Å². The van der Waals surface area contributed by atoms with Gasteiger partial charge in [-0.3, -0.25) is 4.79 Å². The monoisotopic (exact) mass is 368 g/mol. The predicted octanol–water partition coefficient (Wildman–Crippen LogP) is 2.97. The largest absolute Gasteiger partial charge is 0.462 e. The number of ether oxygens (including phenoxy) is 1. The molecule has 0 spiro atoms. The van der Waals surface area contributed by atoms with Gasteiger partial charge in [-0.25, -0.2) is 0 Å². The normalized spacial score (nSPS) is 25.7. The maximum atomic E-state index is 12.2. The molecule has 0 aromatic heterocycles. The molecule has 1 heterocycles. The molecule has 1 rings (SSSR count). The third-order valence-corrected chi connectivity index (χ3v) is 4.79. The van der Waals surface area contributed by atoms with Gasteiger partial charge in [-0.2, -0.15) is 0 Å². The molecule has 0 amide bonds. The van der Waals surface area contributed by atoms with E-state index in [2.05, 4.69) is 22.6 Å². The van der Waals surface area contributed by atoms with E-state index in [1.165, 1.54) is 0 Å². The van der Waals surface area contributed by atoms with E-state index in [1.54, 1.807) is 0 Å². The first-order valence-corrected chi connectivity index (χ1v) is 7.86. The Balaban J connectivity index is 2.72. The molecular formula is C13H23INO3. The minimum Gasteiger partial charge on any atom is -0.462 e. The molecule has 105 valence electrons. The molecule has 0 bridgehead atoms. The van der Waals surface area contributed by atoms with Crippen LogP contribution < -0.4 is 0 Å². The van der Waals surface area contributed by atoms with E-state index in [1.807, 2.05) is 34.6 Å². The Hall–Kier alpha value is 0.120. The smallest absolute Gasteiger partial charge is 0.309 e. The Morgan fingerprint density at radius 3 is 2.17 bits per heavy atom. The molecule has 1 fully saturated rings. The van der Waals surface area contributed by atoms with Gasteiger partial charge in [0.2, 0.25) is 0 Å². The van der Waals surface area contributed by atoms with Crippen LogP contribution in [0.1, 0.15) is 47.5 Å². The Bertz CT molecular complexity index is 299. The first-order chi connectivity index (χ1) is 8.10. The minimum absolute atomic E-state index is 0.0814. The maximum Gasteiger partial charge on any atom is 0.309 e. The topological polar surface area (TPSA) is 49.4 Å². The van der Waals surface area contributed by atoms with Crippen LogP contribution in [0.25, 0.3) is 0 Å². The van der Waals surface area contributed by atoms with Crippen LogP contribution in [0.15, 0.2) is 0 Å². The molecular weight excluding hydrogens is 345 g/mol. The number of halogens is 1. The van der Waals surface area contributed by atoms with Crippen LogP contribution in [0.5, 0.6) is 0 Å². The standard InChI is InChI=1S/C13H23INO3/c1-9(8-14)11(16)18-10-6-12(2,3)15(17)13(4,5)7-10/h9-10H,6-8H2,1-5H3. The van der Waals surface area contributed by atoms with Crippen LogP contribution in [0.4, 0.5) is 0 Å². The Kier molecular flexibility index (Phi) is 5.06. The van der Waals surface area contributed by atoms with E-state index in [9.17, 15) is 10.0 Å².